The van der Waals surface area contributed by atoms with Gasteiger partial charge < -0.3 is 11.1 Å². The molecule has 2 amide bonds. The first-order valence-electron chi connectivity index (χ1n) is 8.61. The number of amides is 2. The van der Waals surface area contributed by atoms with Crippen molar-refractivity contribution >= 4 is 29.3 Å². The van der Waals surface area contributed by atoms with Crippen LogP contribution in [0.3, 0.4) is 0 Å². The first kappa shape index (κ1) is 19.2. The summed E-state index contributed by atoms with van der Waals surface area (Å²) in [6, 6.07) is 8.12. The number of nitrogens with two attached hydrogens (primary N) is 1. The number of primary amides is 1. The van der Waals surface area contributed by atoms with Gasteiger partial charge in [-0.2, -0.15) is 0 Å². The molecule has 0 spiro atoms. The molecule has 0 saturated carbocycles. The second-order valence-corrected chi connectivity index (χ2v) is 8.52. The van der Waals surface area contributed by atoms with Gasteiger partial charge in [-0.3, -0.25) is 19.0 Å². The van der Waals surface area contributed by atoms with E-state index in [0.29, 0.717) is 16.6 Å². The maximum absolute atomic E-state index is 12.7. The highest BCUT2D eigenvalue weighted by atomic mass is 32.2. The molecule has 0 radical (unpaired) electrons. The fraction of sp³-hybridized carbons (Fsp3) is 0.368. The second-order valence-electron chi connectivity index (χ2n) is 7.53. The molecule has 1 aliphatic rings. The van der Waals surface area contributed by atoms with Crippen LogP contribution in [0.15, 0.2) is 40.3 Å². The van der Waals surface area contributed by atoms with E-state index in [-0.39, 0.29) is 29.0 Å². The summed E-state index contributed by atoms with van der Waals surface area (Å²) in [7, 11) is 0. The lowest BCUT2D eigenvalue weighted by Crippen LogP contribution is -2.38. The number of anilines is 1. The molecule has 0 aliphatic carbocycles. The number of carbonyl (C=O) groups is 2. The number of fused-ring (bicyclic) bond motifs is 1. The third-order valence-corrected chi connectivity index (χ3v) is 5.52. The second kappa shape index (κ2) is 7.19. The minimum atomic E-state index is -0.607. The molecule has 0 saturated heterocycles. The standard InChI is InChI=1S/C19H22N4O3S/c1-19(2,3)14-8-15(24)23-9-11(10-27-18(23)22-14)17(26)21-13-7-5-4-6-12(13)16(20)25/h4-8,11H,9-10H2,1-3H3,(H2,20,25)(H,21,26). The molecule has 142 valence electrons. The SMILES string of the molecule is CC(C)(C)c1cc(=O)n2c(n1)SCC(C(=O)Nc1ccccc1C(N)=O)C2. The average Bonchev–Trinajstić information content (AvgIpc) is 2.60. The molecule has 1 aliphatic heterocycles. The quantitative estimate of drug-likeness (QED) is 0.785. The predicted octanol–water partition coefficient (Wildman–Crippen LogP) is 2.00. The van der Waals surface area contributed by atoms with Gasteiger partial charge in [0.25, 0.3) is 11.5 Å². The van der Waals surface area contributed by atoms with E-state index in [1.807, 2.05) is 20.8 Å². The maximum Gasteiger partial charge on any atom is 0.254 e. The van der Waals surface area contributed by atoms with Crippen molar-refractivity contribution in [2.45, 2.75) is 37.9 Å². The number of nitrogens with zero attached hydrogens (tertiary/aromatic N) is 2. The molecular formula is C19H22N4O3S. The van der Waals surface area contributed by atoms with E-state index in [4.69, 9.17) is 5.73 Å². The Morgan fingerprint density at radius 2 is 2.00 bits per heavy atom. The summed E-state index contributed by atoms with van der Waals surface area (Å²) in [4.78, 5) is 41.3. The lowest BCUT2D eigenvalue weighted by Gasteiger charge is -2.26. The van der Waals surface area contributed by atoms with E-state index in [0.717, 1.165) is 5.69 Å². The highest BCUT2D eigenvalue weighted by molar-refractivity contribution is 7.99. The molecule has 1 atom stereocenters. The van der Waals surface area contributed by atoms with Crippen molar-refractivity contribution in [3.63, 3.8) is 0 Å². The third kappa shape index (κ3) is 4.05. The zero-order valence-electron chi connectivity index (χ0n) is 15.5. The number of hydrogen-bond donors (Lipinski definition) is 2. The minimum Gasteiger partial charge on any atom is -0.366 e. The molecule has 0 bridgehead atoms. The average molecular weight is 386 g/mol. The van der Waals surface area contributed by atoms with Crippen LogP contribution in [0.1, 0.15) is 36.8 Å². The zero-order chi connectivity index (χ0) is 19.8. The Morgan fingerprint density at radius 3 is 2.67 bits per heavy atom. The van der Waals surface area contributed by atoms with Gasteiger partial charge >= 0.3 is 0 Å². The molecule has 0 fully saturated rings. The highest BCUT2D eigenvalue weighted by Gasteiger charge is 2.29. The van der Waals surface area contributed by atoms with Gasteiger partial charge in [0.05, 0.1) is 22.9 Å². The Bertz CT molecular complexity index is 962. The van der Waals surface area contributed by atoms with Crippen LogP contribution in [0.25, 0.3) is 0 Å². The molecule has 1 unspecified atom stereocenters. The van der Waals surface area contributed by atoms with Gasteiger partial charge in [0.15, 0.2) is 5.16 Å². The number of thioether (sulfide) groups is 1. The van der Waals surface area contributed by atoms with Gasteiger partial charge in [0.2, 0.25) is 5.91 Å². The molecule has 1 aromatic carbocycles. The number of nitrogens with one attached hydrogen (secondary N) is 1. The number of para-hydroxylation sites is 1. The van der Waals surface area contributed by atoms with Crippen molar-refractivity contribution in [1.29, 1.82) is 0 Å². The zero-order valence-corrected chi connectivity index (χ0v) is 16.3. The number of aromatic nitrogens is 2. The van der Waals surface area contributed by atoms with Gasteiger partial charge in [0.1, 0.15) is 0 Å². The molecule has 3 N–H and O–H groups in total. The fourth-order valence-corrected chi connectivity index (χ4v) is 3.89. The molecule has 8 heteroatoms. The Kier molecular flexibility index (Phi) is 5.10. The lowest BCUT2D eigenvalue weighted by atomic mass is 9.92. The normalized spacial score (nSPS) is 16.5. The first-order chi connectivity index (χ1) is 12.7. The molecule has 3 rings (SSSR count). The van der Waals surface area contributed by atoms with Crippen LogP contribution in [0.4, 0.5) is 5.69 Å². The van der Waals surface area contributed by atoms with Crippen molar-refractivity contribution in [1.82, 2.24) is 9.55 Å². The van der Waals surface area contributed by atoms with Crippen LogP contribution < -0.4 is 16.6 Å². The third-order valence-electron chi connectivity index (χ3n) is 4.38. The summed E-state index contributed by atoms with van der Waals surface area (Å²) in [5, 5.41) is 3.39. The fourth-order valence-electron chi connectivity index (χ4n) is 2.80. The van der Waals surface area contributed by atoms with Crippen molar-refractivity contribution in [2.24, 2.45) is 11.7 Å². The molecule has 2 aromatic rings. The molecular weight excluding hydrogens is 364 g/mol. The van der Waals surface area contributed by atoms with Crippen LogP contribution in [0.2, 0.25) is 0 Å². The van der Waals surface area contributed by atoms with Gasteiger partial charge in [0, 0.05) is 23.8 Å². The summed E-state index contributed by atoms with van der Waals surface area (Å²) in [5.74, 6) is -0.772. The summed E-state index contributed by atoms with van der Waals surface area (Å²) < 4.78 is 1.54. The molecule has 7 nitrogen and oxygen atoms in total. The topological polar surface area (TPSA) is 107 Å². The first-order valence-corrected chi connectivity index (χ1v) is 9.60. The monoisotopic (exact) mass is 386 g/mol. The Hall–Kier alpha value is -2.61. The Balaban J connectivity index is 1.81. The molecule has 27 heavy (non-hydrogen) atoms. The van der Waals surface area contributed by atoms with Gasteiger partial charge in [-0.1, -0.05) is 44.7 Å². The predicted molar refractivity (Wildman–Crippen MR) is 105 cm³/mol. The van der Waals surface area contributed by atoms with Crippen LogP contribution in [0.5, 0.6) is 0 Å². The lowest BCUT2D eigenvalue weighted by molar-refractivity contribution is -0.119. The summed E-state index contributed by atoms with van der Waals surface area (Å²) in [6.07, 6.45) is 0. The van der Waals surface area contributed by atoms with E-state index >= 15 is 0 Å². The Morgan fingerprint density at radius 1 is 1.30 bits per heavy atom. The largest absolute Gasteiger partial charge is 0.366 e. The summed E-state index contributed by atoms with van der Waals surface area (Å²) in [5.41, 5.74) is 6.34. The summed E-state index contributed by atoms with van der Waals surface area (Å²) in [6.45, 7) is 6.27. The Labute approximate surface area is 161 Å². The van der Waals surface area contributed by atoms with E-state index in [2.05, 4.69) is 10.3 Å². The van der Waals surface area contributed by atoms with Crippen molar-refractivity contribution in [2.75, 3.05) is 11.1 Å². The summed E-state index contributed by atoms with van der Waals surface area (Å²) >= 11 is 1.39. The van der Waals surface area contributed by atoms with Crippen LogP contribution in [-0.2, 0) is 16.8 Å². The highest BCUT2D eigenvalue weighted by Crippen LogP contribution is 2.28. The number of hydrogen-bond acceptors (Lipinski definition) is 5. The van der Waals surface area contributed by atoms with Gasteiger partial charge in [-0.05, 0) is 12.1 Å². The van der Waals surface area contributed by atoms with E-state index in [9.17, 15) is 14.4 Å². The van der Waals surface area contributed by atoms with Crippen LogP contribution in [-0.4, -0.2) is 27.1 Å². The number of carbonyl (C=O) groups excluding carboxylic acids is 2. The van der Waals surface area contributed by atoms with Crippen molar-refractivity contribution in [3.05, 3.63) is 51.9 Å². The van der Waals surface area contributed by atoms with E-state index < -0.39 is 11.8 Å². The maximum atomic E-state index is 12.7. The van der Waals surface area contributed by atoms with Crippen molar-refractivity contribution < 1.29 is 9.59 Å². The van der Waals surface area contributed by atoms with Gasteiger partial charge in [-0.15, -0.1) is 0 Å². The number of rotatable bonds is 3. The van der Waals surface area contributed by atoms with E-state index in [1.165, 1.54) is 22.4 Å². The van der Waals surface area contributed by atoms with Crippen LogP contribution in [0, 0.1) is 5.92 Å². The minimum absolute atomic E-state index is 0.160. The molecule has 1 aromatic heterocycles. The van der Waals surface area contributed by atoms with Crippen molar-refractivity contribution in [3.8, 4) is 0 Å². The van der Waals surface area contributed by atoms with Crippen LogP contribution >= 0.6 is 11.8 Å². The smallest absolute Gasteiger partial charge is 0.254 e. The van der Waals surface area contributed by atoms with E-state index in [1.54, 1.807) is 24.3 Å². The van der Waals surface area contributed by atoms with Gasteiger partial charge in [-0.25, -0.2) is 4.98 Å². The molecule has 2 heterocycles. The number of benzene rings is 1.